The van der Waals surface area contributed by atoms with Crippen LogP contribution < -0.4 is 0 Å². The molecule has 1 atom stereocenters. The molecule has 5 nitrogen and oxygen atoms in total. The van der Waals surface area contributed by atoms with Crippen LogP contribution in [0.3, 0.4) is 0 Å². The highest BCUT2D eigenvalue weighted by Gasteiger charge is 2.03. The molecule has 0 saturated heterocycles. The Bertz CT molecular complexity index is 548. The highest BCUT2D eigenvalue weighted by Crippen LogP contribution is 2.06. The Morgan fingerprint density at radius 1 is 1.13 bits per heavy atom. The molecule has 2 aromatic rings. The number of nitrogens with zero attached hydrogens (tertiary/aromatic N) is 2. The number of aromatic nitrogens is 2. The third-order valence-electron chi connectivity index (χ3n) is 3.17. The van der Waals surface area contributed by atoms with E-state index in [1.807, 2.05) is 36.0 Å². The van der Waals surface area contributed by atoms with Crippen molar-refractivity contribution in [2.75, 3.05) is 26.4 Å². The van der Waals surface area contributed by atoms with Crippen LogP contribution in [-0.4, -0.2) is 42.3 Å². The van der Waals surface area contributed by atoms with Gasteiger partial charge in [0.15, 0.2) is 0 Å². The predicted molar refractivity (Wildman–Crippen MR) is 92.3 cm³/mol. The molecule has 2 rings (SSSR count). The molecule has 6 heteroatoms. The maximum absolute atomic E-state index is 5.73. The molecule has 0 unspecified atom stereocenters. The van der Waals surface area contributed by atoms with Crippen LogP contribution >= 0.6 is 15.9 Å². The molecule has 1 aromatic heterocycles. The summed E-state index contributed by atoms with van der Waals surface area (Å²) in [5, 5.41) is 4.16. The van der Waals surface area contributed by atoms with Gasteiger partial charge < -0.3 is 14.2 Å². The maximum atomic E-state index is 5.73. The van der Waals surface area contributed by atoms with E-state index < -0.39 is 0 Å². The largest absolute Gasteiger partial charge is 0.377 e. The van der Waals surface area contributed by atoms with Gasteiger partial charge in [0, 0.05) is 6.20 Å². The van der Waals surface area contributed by atoms with E-state index in [0.29, 0.717) is 33.0 Å². The first-order valence-corrected chi connectivity index (χ1v) is 8.52. The van der Waals surface area contributed by atoms with E-state index in [-0.39, 0.29) is 6.10 Å². The third kappa shape index (κ3) is 7.74. The van der Waals surface area contributed by atoms with Gasteiger partial charge in [0.25, 0.3) is 0 Å². The summed E-state index contributed by atoms with van der Waals surface area (Å²) < 4.78 is 19.6. The Hall–Kier alpha value is -1.21. The van der Waals surface area contributed by atoms with Crippen molar-refractivity contribution in [2.45, 2.75) is 26.2 Å². The summed E-state index contributed by atoms with van der Waals surface area (Å²) in [7, 11) is 0. The number of hydrogen-bond donors (Lipinski definition) is 0. The van der Waals surface area contributed by atoms with Gasteiger partial charge in [0.05, 0.1) is 56.4 Å². The topological polar surface area (TPSA) is 45.5 Å². The van der Waals surface area contributed by atoms with Crippen LogP contribution in [0.2, 0.25) is 0 Å². The highest BCUT2D eigenvalue weighted by atomic mass is 79.9. The fourth-order valence-corrected chi connectivity index (χ4v) is 2.28. The summed E-state index contributed by atoms with van der Waals surface area (Å²) in [6.07, 6.45) is 3.75. The van der Waals surface area contributed by atoms with Crippen LogP contribution in [0.1, 0.15) is 12.5 Å². The predicted octanol–water partition coefficient (Wildman–Crippen LogP) is 3.28. The van der Waals surface area contributed by atoms with E-state index >= 15 is 0 Å². The fraction of sp³-hybridized carbons (Fsp3) is 0.471. The van der Waals surface area contributed by atoms with Crippen LogP contribution in [0, 0.1) is 0 Å². The van der Waals surface area contributed by atoms with E-state index in [4.69, 9.17) is 14.2 Å². The van der Waals surface area contributed by atoms with E-state index in [2.05, 4.69) is 33.2 Å². The van der Waals surface area contributed by atoms with Crippen molar-refractivity contribution >= 4 is 15.9 Å². The van der Waals surface area contributed by atoms with E-state index in [1.165, 1.54) is 5.56 Å². The summed E-state index contributed by atoms with van der Waals surface area (Å²) in [6, 6.07) is 10.1. The minimum atomic E-state index is 0.0663. The van der Waals surface area contributed by atoms with Gasteiger partial charge in [-0.3, -0.25) is 4.68 Å². The van der Waals surface area contributed by atoms with E-state index in [0.717, 1.165) is 11.0 Å². The molecular weight excluding hydrogens is 360 g/mol. The van der Waals surface area contributed by atoms with Gasteiger partial charge in [-0.15, -0.1) is 0 Å². The smallest absolute Gasteiger partial charge is 0.0785 e. The second-order valence-electron chi connectivity index (χ2n) is 5.22. The lowest BCUT2D eigenvalue weighted by atomic mass is 10.2. The summed E-state index contributed by atoms with van der Waals surface area (Å²) in [5.41, 5.74) is 1.17. The van der Waals surface area contributed by atoms with Crippen molar-refractivity contribution in [1.82, 2.24) is 9.78 Å². The summed E-state index contributed by atoms with van der Waals surface area (Å²) in [6.45, 7) is 5.71. The third-order valence-corrected chi connectivity index (χ3v) is 3.58. The molecule has 0 fully saturated rings. The van der Waals surface area contributed by atoms with Gasteiger partial charge in [0.1, 0.15) is 0 Å². The summed E-state index contributed by atoms with van der Waals surface area (Å²) in [4.78, 5) is 0. The second-order valence-corrected chi connectivity index (χ2v) is 6.13. The van der Waals surface area contributed by atoms with Crippen LogP contribution in [0.4, 0.5) is 0 Å². The number of rotatable bonds is 11. The quantitative estimate of drug-likeness (QED) is 0.559. The van der Waals surface area contributed by atoms with Crippen LogP contribution in [-0.2, 0) is 27.4 Å². The normalized spacial score (nSPS) is 12.4. The first kappa shape index (κ1) is 18.1. The molecule has 0 aliphatic rings. The monoisotopic (exact) mass is 382 g/mol. The molecule has 1 heterocycles. The number of halogens is 1. The van der Waals surface area contributed by atoms with Crippen LogP contribution in [0.15, 0.2) is 47.2 Å². The van der Waals surface area contributed by atoms with Gasteiger partial charge in [-0.2, -0.15) is 5.10 Å². The molecule has 0 aliphatic carbocycles. The molecule has 0 N–H and O–H groups in total. The van der Waals surface area contributed by atoms with Crippen molar-refractivity contribution in [3.05, 3.63) is 52.8 Å². The zero-order chi connectivity index (χ0) is 16.3. The van der Waals surface area contributed by atoms with Crippen molar-refractivity contribution < 1.29 is 14.2 Å². The van der Waals surface area contributed by atoms with Gasteiger partial charge >= 0.3 is 0 Å². The lowest BCUT2D eigenvalue weighted by Gasteiger charge is -2.13. The molecule has 1 aromatic carbocycles. The van der Waals surface area contributed by atoms with Crippen LogP contribution in [0.25, 0.3) is 0 Å². The van der Waals surface area contributed by atoms with Gasteiger partial charge in [-0.25, -0.2) is 0 Å². The van der Waals surface area contributed by atoms with Gasteiger partial charge in [-0.05, 0) is 28.4 Å². The van der Waals surface area contributed by atoms with Crippen molar-refractivity contribution in [3.8, 4) is 0 Å². The second kappa shape index (κ2) is 10.5. The Balaban J connectivity index is 1.44. The van der Waals surface area contributed by atoms with E-state index in [9.17, 15) is 0 Å². The van der Waals surface area contributed by atoms with Gasteiger partial charge in [-0.1, -0.05) is 30.3 Å². The first-order valence-electron chi connectivity index (χ1n) is 7.73. The molecule has 23 heavy (non-hydrogen) atoms. The number of hydrogen-bond acceptors (Lipinski definition) is 4. The summed E-state index contributed by atoms with van der Waals surface area (Å²) in [5.74, 6) is 0. The molecular formula is C17H23BrN2O3. The molecule has 0 aliphatic heterocycles. The number of benzene rings is 1. The Morgan fingerprint density at radius 3 is 2.65 bits per heavy atom. The average Bonchev–Trinajstić information content (AvgIpc) is 2.98. The zero-order valence-corrected chi connectivity index (χ0v) is 14.9. The van der Waals surface area contributed by atoms with Crippen LogP contribution in [0.5, 0.6) is 0 Å². The number of ether oxygens (including phenoxy) is 3. The van der Waals surface area contributed by atoms with Crippen molar-refractivity contribution in [2.24, 2.45) is 0 Å². The van der Waals surface area contributed by atoms with Gasteiger partial charge in [0.2, 0.25) is 0 Å². The highest BCUT2D eigenvalue weighted by molar-refractivity contribution is 9.10. The zero-order valence-electron chi connectivity index (χ0n) is 13.4. The van der Waals surface area contributed by atoms with Crippen molar-refractivity contribution in [1.29, 1.82) is 0 Å². The Kier molecular flexibility index (Phi) is 8.31. The molecule has 0 radical (unpaired) electrons. The molecule has 0 amide bonds. The summed E-state index contributed by atoms with van der Waals surface area (Å²) >= 11 is 3.36. The minimum Gasteiger partial charge on any atom is -0.377 e. The average molecular weight is 383 g/mol. The van der Waals surface area contributed by atoms with E-state index in [1.54, 1.807) is 6.20 Å². The standard InChI is InChI=1S/C17H23BrN2O3/c1-15(23-14-16-5-3-2-4-6-16)13-22-10-9-21-8-7-20-12-17(18)11-19-20/h2-6,11-12,15H,7-10,13-14H2,1H3/t15-/m1/s1. The lowest BCUT2D eigenvalue weighted by Crippen LogP contribution is -2.18. The molecule has 0 saturated carbocycles. The van der Waals surface area contributed by atoms with Crippen molar-refractivity contribution in [3.63, 3.8) is 0 Å². The molecule has 126 valence electrons. The lowest BCUT2D eigenvalue weighted by molar-refractivity contribution is -0.0301. The fourth-order valence-electron chi connectivity index (χ4n) is 1.95. The first-order chi connectivity index (χ1) is 11.2. The SMILES string of the molecule is C[C@H](COCCOCCn1cc(Br)cn1)OCc1ccccc1. The maximum Gasteiger partial charge on any atom is 0.0785 e. The Morgan fingerprint density at radius 2 is 1.91 bits per heavy atom. The minimum absolute atomic E-state index is 0.0663. The molecule has 0 bridgehead atoms. The Labute approximate surface area is 145 Å². The molecule has 0 spiro atoms.